The van der Waals surface area contributed by atoms with Crippen molar-refractivity contribution >= 4 is 11.9 Å². The van der Waals surface area contributed by atoms with Gasteiger partial charge in [0.15, 0.2) is 6.61 Å². The third-order valence-electron chi connectivity index (χ3n) is 2.75. The number of benzene rings is 1. The standard InChI is InChI=1S/C16H21NO5/c1-3-5-6-14(16(19)20)17-15(18)11-22-13-9-7-12(8-10-13)21-4-2/h3,5,7-10,14H,4,6,11H2,1-2H3,(H,17,18)(H,19,20)/b5-3+. The van der Waals surface area contributed by atoms with Crippen LogP contribution in [0, 0.1) is 0 Å². The van der Waals surface area contributed by atoms with E-state index in [9.17, 15) is 9.59 Å². The summed E-state index contributed by atoms with van der Waals surface area (Å²) >= 11 is 0. The lowest BCUT2D eigenvalue weighted by Crippen LogP contribution is -2.42. The quantitative estimate of drug-likeness (QED) is 0.682. The molecule has 2 N–H and O–H groups in total. The highest BCUT2D eigenvalue weighted by Gasteiger charge is 2.18. The van der Waals surface area contributed by atoms with E-state index < -0.39 is 17.9 Å². The molecule has 22 heavy (non-hydrogen) atoms. The first-order valence-electron chi connectivity index (χ1n) is 7.05. The summed E-state index contributed by atoms with van der Waals surface area (Å²) in [6.07, 6.45) is 3.66. The first-order chi connectivity index (χ1) is 10.6. The van der Waals surface area contributed by atoms with Gasteiger partial charge in [-0.1, -0.05) is 12.2 Å². The van der Waals surface area contributed by atoms with Crippen LogP contribution in [0.5, 0.6) is 11.5 Å². The van der Waals surface area contributed by atoms with Gasteiger partial charge in [-0.3, -0.25) is 4.79 Å². The zero-order valence-electron chi connectivity index (χ0n) is 12.7. The second-order valence-corrected chi connectivity index (χ2v) is 4.46. The summed E-state index contributed by atoms with van der Waals surface area (Å²) in [4.78, 5) is 22.7. The van der Waals surface area contributed by atoms with E-state index in [-0.39, 0.29) is 13.0 Å². The molecule has 0 aliphatic heterocycles. The lowest BCUT2D eigenvalue weighted by molar-refractivity contribution is -0.142. The van der Waals surface area contributed by atoms with Gasteiger partial charge in [0.25, 0.3) is 5.91 Å². The van der Waals surface area contributed by atoms with Crippen molar-refractivity contribution < 1.29 is 24.2 Å². The molecular weight excluding hydrogens is 286 g/mol. The third kappa shape index (κ3) is 6.30. The Balaban J connectivity index is 2.45. The van der Waals surface area contributed by atoms with Gasteiger partial charge in [-0.05, 0) is 44.5 Å². The molecule has 0 aromatic heterocycles. The van der Waals surface area contributed by atoms with Crippen LogP contribution in [0.4, 0.5) is 0 Å². The number of hydrogen-bond donors (Lipinski definition) is 2. The van der Waals surface area contributed by atoms with E-state index in [4.69, 9.17) is 14.6 Å². The Morgan fingerprint density at radius 1 is 1.23 bits per heavy atom. The molecule has 1 aromatic carbocycles. The molecule has 0 fully saturated rings. The lowest BCUT2D eigenvalue weighted by Gasteiger charge is -2.13. The number of nitrogens with one attached hydrogen (secondary N) is 1. The summed E-state index contributed by atoms with van der Waals surface area (Å²) in [5.74, 6) is -0.325. The fourth-order valence-corrected chi connectivity index (χ4v) is 1.68. The normalized spacial score (nSPS) is 11.9. The fourth-order valence-electron chi connectivity index (χ4n) is 1.68. The number of carbonyl (C=O) groups is 2. The SMILES string of the molecule is C/C=C/CC(NC(=O)COc1ccc(OCC)cc1)C(=O)O. The van der Waals surface area contributed by atoms with Gasteiger partial charge in [-0.2, -0.15) is 0 Å². The van der Waals surface area contributed by atoms with Crippen LogP contribution in [0.25, 0.3) is 0 Å². The number of carboxylic acid groups (broad SMARTS) is 1. The Labute approximate surface area is 129 Å². The van der Waals surface area contributed by atoms with Gasteiger partial charge in [0.2, 0.25) is 0 Å². The van der Waals surface area contributed by atoms with Gasteiger partial charge >= 0.3 is 5.97 Å². The van der Waals surface area contributed by atoms with Gasteiger partial charge in [0.05, 0.1) is 6.61 Å². The van der Waals surface area contributed by atoms with Crippen LogP contribution in [0.15, 0.2) is 36.4 Å². The minimum Gasteiger partial charge on any atom is -0.494 e. The average molecular weight is 307 g/mol. The van der Waals surface area contributed by atoms with Crippen molar-refractivity contribution in [3.8, 4) is 11.5 Å². The summed E-state index contributed by atoms with van der Waals surface area (Å²) in [7, 11) is 0. The van der Waals surface area contributed by atoms with E-state index in [0.717, 1.165) is 5.75 Å². The van der Waals surface area contributed by atoms with Crippen LogP contribution in [0.2, 0.25) is 0 Å². The van der Waals surface area contributed by atoms with Crippen LogP contribution in [-0.4, -0.2) is 36.2 Å². The number of rotatable bonds is 9. The van der Waals surface area contributed by atoms with Crippen LogP contribution < -0.4 is 14.8 Å². The number of allylic oxidation sites excluding steroid dienone is 1. The maximum Gasteiger partial charge on any atom is 0.326 e. The highest BCUT2D eigenvalue weighted by molar-refractivity contribution is 5.84. The molecule has 1 rings (SSSR count). The number of aliphatic carboxylic acids is 1. The molecule has 6 heteroatoms. The summed E-state index contributed by atoms with van der Waals surface area (Å²) in [6, 6.07) is 5.90. The minimum atomic E-state index is -1.08. The van der Waals surface area contributed by atoms with Gasteiger partial charge < -0.3 is 19.9 Å². The number of amides is 1. The van der Waals surface area contributed by atoms with E-state index >= 15 is 0 Å². The molecule has 1 amide bonds. The topological polar surface area (TPSA) is 84.9 Å². The fraction of sp³-hybridized carbons (Fsp3) is 0.375. The van der Waals surface area contributed by atoms with Crippen molar-refractivity contribution in [2.24, 2.45) is 0 Å². The van der Waals surface area contributed by atoms with E-state index in [0.29, 0.717) is 12.4 Å². The molecule has 0 saturated heterocycles. The molecule has 1 atom stereocenters. The monoisotopic (exact) mass is 307 g/mol. The predicted octanol–water partition coefficient (Wildman–Crippen LogP) is 2.00. The molecule has 1 aromatic rings. The summed E-state index contributed by atoms with van der Waals surface area (Å²) in [5.41, 5.74) is 0. The van der Waals surface area contributed by atoms with Gasteiger partial charge in [-0.15, -0.1) is 0 Å². The highest BCUT2D eigenvalue weighted by Crippen LogP contribution is 2.17. The zero-order valence-corrected chi connectivity index (χ0v) is 12.7. The third-order valence-corrected chi connectivity index (χ3v) is 2.75. The van der Waals surface area contributed by atoms with Crippen molar-refractivity contribution in [3.63, 3.8) is 0 Å². The van der Waals surface area contributed by atoms with Crippen LogP contribution in [-0.2, 0) is 9.59 Å². The van der Waals surface area contributed by atoms with Crippen molar-refractivity contribution in [2.75, 3.05) is 13.2 Å². The predicted molar refractivity (Wildman–Crippen MR) is 82.1 cm³/mol. The number of carbonyl (C=O) groups excluding carboxylic acids is 1. The van der Waals surface area contributed by atoms with Crippen molar-refractivity contribution in [2.45, 2.75) is 26.3 Å². The maximum atomic E-state index is 11.7. The minimum absolute atomic E-state index is 0.237. The molecule has 0 bridgehead atoms. The Kier molecular flexibility index (Phi) is 7.53. The molecule has 1 unspecified atom stereocenters. The number of hydrogen-bond acceptors (Lipinski definition) is 4. The number of carboxylic acids is 1. The van der Waals surface area contributed by atoms with E-state index in [2.05, 4.69) is 5.32 Å². The summed E-state index contributed by atoms with van der Waals surface area (Å²) < 4.78 is 10.6. The Hall–Kier alpha value is -2.50. The molecule has 0 aliphatic rings. The van der Waals surface area contributed by atoms with Crippen LogP contribution in [0.1, 0.15) is 20.3 Å². The van der Waals surface area contributed by atoms with Crippen molar-refractivity contribution in [1.29, 1.82) is 0 Å². The average Bonchev–Trinajstić information content (AvgIpc) is 2.50. The summed E-state index contributed by atoms with van der Waals surface area (Å²) in [5, 5.41) is 11.4. The van der Waals surface area contributed by atoms with Crippen molar-refractivity contribution in [1.82, 2.24) is 5.32 Å². The van der Waals surface area contributed by atoms with E-state index in [1.807, 2.05) is 6.92 Å². The van der Waals surface area contributed by atoms with Crippen molar-refractivity contribution in [3.05, 3.63) is 36.4 Å². The summed E-state index contributed by atoms with van der Waals surface area (Å²) in [6.45, 7) is 4.01. The second kappa shape index (κ2) is 9.44. The highest BCUT2D eigenvalue weighted by atomic mass is 16.5. The van der Waals surface area contributed by atoms with Gasteiger partial charge in [0, 0.05) is 0 Å². The lowest BCUT2D eigenvalue weighted by atomic mass is 10.2. The van der Waals surface area contributed by atoms with Crippen LogP contribution >= 0.6 is 0 Å². The first kappa shape index (κ1) is 17.6. The molecular formula is C16H21NO5. The molecule has 0 heterocycles. The molecule has 0 spiro atoms. The van der Waals surface area contributed by atoms with E-state index in [1.54, 1.807) is 43.3 Å². The molecule has 0 saturated carbocycles. The Morgan fingerprint density at radius 2 is 1.82 bits per heavy atom. The molecule has 120 valence electrons. The molecule has 0 radical (unpaired) electrons. The van der Waals surface area contributed by atoms with Gasteiger partial charge in [-0.25, -0.2) is 4.79 Å². The number of ether oxygens (including phenoxy) is 2. The smallest absolute Gasteiger partial charge is 0.326 e. The van der Waals surface area contributed by atoms with E-state index in [1.165, 1.54) is 0 Å². The zero-order chi connectivity index (χ0) is 16.4. The first-order valence-corrected chi connectivity index (χ1v) is 7.05. The van der Waals surface area contributed by atoms with Gasteiger partial charge in [0.1, 0.15) is 17.5 Å². The largest absolute Gasteiger partial charge is 0.494 e. The van der Waals surface area contributed by atoms with Crippen LogP contribution in [0.3, 0.4) is 0 Å². The maximum absolute atomic E-state index is 11.7. The molecule has 6 nitrogen and oxygen atoms in total. The Bertz CT molecular complexity index is 510. The molecule has 0 aliphatic carbocycles. The Morgan fingerprint density at radius 3 is 2.32 bits per heavy atom. The second-order valence-electron chi connectivity index (χ2n) is 4.46.